The van der Waals surface area contributed by atoms with Crippen LogP contribution in [0.1, 0.15) is 35.2 Å². The molecule has 33 heavy (non-hydrogen) atoms. The molecule has 0 radical (unpaired) electrons. The molecule has 166 valence electrons. The fourth-order valence-electron chi connectivity index (χ4n) is 4.57. The molecule has 1 fully saturated rings. The highest BCUT2D eigenvalue weighted by molar-refractivity contribution is 6.46. The lowest BCUT2D eigenvalue weighted by atomic mass is 9.94. The lowest BCUT2D eigenvalue weighted by molar-refractivity contribution is -0.140. The topological polar surface area (TPSA) is 66.8 Å². The minimum absolute atomic E-state index is 0.0558. The van der Waals surface area contributed by atoms with Gasteiger partial charge in [-0.1, -0.05) is 54.1 Å². The number of hydrogen-bond acceptors (Lipinski definition) is 4. The second-order valence-corrected chi connectivity index (χ2v) is 8.86. The predicted octanol–water partition coefficient (Wildman–Crippen LogP) is 5.29. The number of likely N-dealkylation sites (tertiary alicyclic amines) is 1. The zero-order valence-electron chi connectivity index (χ0n) is 18.0. The first-order valence-corrected chi connectivity index (χ1v) is 11.2. The lowest BCUT2D eigenvalue weighted by Crippen LogP contribution is -2.29. The number of Topliss-reactive ketones (excluding diaryl/α,β-unsaturated/α-hetero) is 1. The molecular weight excluding hydrogens is 438 g/mol. The van der Waals surface area contributed by atoms with E-state index >= 15 is 0 Å². The molecule has 2 aliphatic heterocycles. The Morgan fingerprint density at radius 1 is 1.06 bits per heavy atom. The van der Waals surface area contributed by atoms with Gasteiger partial charge in [0.1, 0.15) is 17.6 Å². The predicted molar refractivity (Wildman–Crippen MR) is 126 cm³/mol. The van der Waals surface area contributed by atoms with Crippen LogP contribution in [0.2, 0.25) is 5.02 Å². The molecule has 2 unspecified atom stereocenters. The molecule has 6 heteroatoms. The van der Waals surface area contributed by atoms with Gasteiger partial charge in [-0.05, 0) is 53.9 Å². The van der Waals surface area contributed by atoms with Gasteiger partial charge in [-0.3, -0.25) is 9.59 Å². The fraction of sp³-hybridized carbons (Fsp3) is 0.185. The summed E-state index contributed by atoms with van der Waals surface area (Å²) >= 11 is 6.25. The van der Waals surface area contributed by atoms with Crippen molar-refractivity contribution in [3.8, 4) is 5.75 Å². The van der Waals surface area contributed by atoms with E-state index in [2.05, 4.69) is 0 Å². The van der Waals surface area contributed by atoms with Crippen LogP contribution in [-0.4, -0.2) is 27.8 Å². The van der Waals surface area contributed by atoms with E-state index in [0.29, 0.717) is 16.1 Å². The van der Waals surface area contributed by atoms with Crippen molar-refractivity contribution in [3.05, 3.63) is 106 Å². The Balaban J connectivity index is 1.64. The van der Waals surface area contributed by atoms with Crippen molar-refractivity contribution in [3.63, 3.8) is 0 Å². The molecule has 3 aromatic carbocycles. The van der Waals surface area contributed by atoms with Gasteiger partial charge in [-0.2, -0.15) is 0 Å². The summed E-state index contributed by atoms with van der Waals surface area (Å²) in [6.07, 6.45) is 0.775. The molecule has 5 nitrogen and oxygen atoms in total. The number of fused-ring (bicyclic) bond motifs is 1. The van der Waals surface area contributed by atoms with Crippen LogP contribution in [0.15, 0.2) is 78.4 Å². The minimum Gasteiger partial charge on any atom is -0.507 e. The average molecular weight is 460 g/mol. The van der Waals surface area contributed by atoms with Crippen LogP contribution < -0.4 is 4.74 Å². The third kappa shape index (κ3) is 3.89. The van der Waals surface area contributed by atoms with Crippen molar-refractivity contribution < 1.29 is 19.4 Å². The number of rotatable bonds is 4. The molecule has 3 aromatic rings. The number of aliphatic hydroxyl groups excluding tert-OH is 1. The maximum absolute atomic E-state index is 13.2. The molecule has 0 bridgehead atoms. The Hall–Kier alpha value is -3.57. The quantitative estimate of drug-likeness (QED) is 0.327. The summed E-state index contributed by atoms with van der Waals surface area (Å²) in [5.41, 5.74) is 3.05. The maximum atomic E-state index is 13.2. The molecule has 1 N–H and O–H groups in total. The van der Waals surface area contributed by atoms with Crippen molar-refractivity contribution >= 4 is 29.1 Å². The van der Waals surface area contributed by atoms with E-state index in [4.69, 9.17) is 16.3 Å². The van der Waals surface area contributed by atoms with E-state index in [1.165, 1.54) is 4.90 Å². The van der Waals surface area contributed by atoms with Crippen molar-refractivity contribution in [2.45, 2.75) is 32.0 Å². The lowest BCUT2D eigenvalue weighted by Gasteiger charge is -2.25. The first-order chi connectivity index (χ1) is 15.9. The van der Waals surface area contributed by atoms with Crippen molar-refractivity contribution in [1.29, 1.82) is 0 Å². The number of halogens is 1. The average Bonchev–Trinajstić information content (AvgIpc) is 3.30. The van der Waals surface area contributed by atoms with Gasteiger partial charge >= 0.3 is 0 Å². The van der Waals surface area contributed by atoms with Gasteiger partial charge in [-0.15, -0.1) is 0 Å². The summed E-state index contributed by atoms with van der Waals surface area (Å²) in [6.45, 7) is 2.21. The number of benzene rings is 3. The van der Waals surface area contributed by atoms with Crippen LogP contribution in [0.4, 0.5) is 0 Å². The third-order valence-electron chi connectivity index (χ3n) is 6.07. The number of carbonyl (C=O) groups excluding carboxylic acids is 2. The number of ketones is 1. The Labute approximate surface area is 196 Å². The SMILES string of the molecule is CC1Cc2cc(C(O)=C3C(=O)C(=O)N(Cc4ccccc4)C3c3cccc(Cl)c3)ccc2O1. The number of carbonyl (C=O) groups is 2. The Kier molecular flexibility index (Phi) is 5.43. The highest BCUT2D eigenvalue weighted by Gasteiger charge is 2.46. The first-order valence-electron chi connectivity index (χ1n) is 10.8. The standard InChI is InChI=1S/C27H22ClNO4/c1-16-12-20-13-19(10-11-22(20)33-16)25(30)23-24(18-8-5-9-21(28)14-18)29(27(32)26(23)31)15-17-6-3-2-4-7-17/h2-11,13-14,16,24,30H,12,15H2,1H3. The van der Waals surface area contributed by atoms with Gasteiger partial charge in [0.05, 0.1) is 11.6 Å². The van der Waals surface area contributed by atoms with Gasteiger partial charge < -0.3 is 14.7 Å². The highest BCUT2D eigenvalue weighted by atomic mass is 35.5. The van der Waals surface area contributed by atoms with E-state index in [-0.39, 0.29) is 24.0 Å². The number of ether oxygens (including phenoxy) is 1. The maximum Gasteiger partial charge on any atom is 0.295 e. The second kappa shape index (κ2) is 8.41. The Morgan fingerprint density at radius 2 is 1.85 bits per heavy atom. The van der Waals surface area contributed by atoms with Gasteiger partial charge in [0.25, 0.3) is 11.7 Å². The van der Waals surface area contributed by atoms with Crippen molar-refractivity contribution in [1.82, 2.24) is 4.90 Å². The zero-order valence-corrected chi connectivity index (χ0v) is 18.8. The molecular formula is C27H22ClNO4. The molecule has 0 aromatic heterocycles. The van der Waals surface area contributed by atoms with Crippen LogP contribution in [-0.2, 0) is 22.6 Å². The summed E-state index contributed by atoms with van der Waals surface area (Å²) in [6, 6.07) is 21.1. The van der Waals surface area contributed by atoms with Crippen LogP contribution in [0.5, 0.6) is 5.75 Å². The number of hydrogen-bond donors (Lipinski definition) is 1. The monoisotopic (exact) mass is 459 g/mol. The summed E-state index contributed by atoms with van der Waals surface area (Å²) in [5, 5.41) is 11.8. The van der Waals surface area contributed by atoms with Gasteiger partial charge in [0.15, 0.2) is 0 Å². The molecule has 0 aliphatic carbocycles. The Bertz CT molecular complexity index is 1280. The molecule has 2 heterocycles. The van der Waals surface area contributed by atoms with E-state index in [1.54, 1.807) is 30.3 Å². The van der Waals surface area contributed by atoms with Gasteiger partial charge in [-0.25, -0.2) is 0 Å². The molecule has 1 saturated heterocycles. The van der Waals surface area contributed by atoms with Crippen LogP contribution in [0.25, 0.3) is 5.76 Å². The summed E-state index contributed by atoms with van der Waals surface area (Å²) in [7, 11) is 0. The van der Waals surface area contributed by atoms with E-state index in [9.17, 15) is 14.7 Å². The number of nitrogens with zero attached hydrogens (tertiary/aromatic N) is 1. The minimum atomic E-state index is -0.757. The summed E-state index contributed by atoms with van der Waals surface area (Å²) in [4.78, 5) is 27.8. The highest BCUT2D eigenvalue weighted by Crippen LogP contribution is 2.41. The van der Waals surface area contributed by atoms with Crippen molar-refractivity contribution in [2.75, 3.05) is 0 Å². The summed E-state index contributed by atoms with van der Waals surface area (Å²) < 4.78 is 5.75. The Morgan fingerprint density at radius 3 is 2.61 bits per heavy atom. The van der Waals surface area contributed by atoms with Gasteiger partial charge in [0.2, 0.25) is 0 Å². The van der Waals surface area contributed by atoms with E-state index in [0.717, 1.165) is 23.3 Å². The van der Waals surface area contributed by atoms with E-state index < -0.39 is 17.7 Å². The fourth-order valence-corrected chi connectivity index (χ4v) is 4.77. The molecule has 2 atom stereocenters. The third-order valence-corrected chi connectivity index (χ3v) is 6.30. The summed E-state index contributed by atoms with van der Waals surface area (Å²) in [5.74, 6) is -0.784. The molecule has 1 amide bonds. The van der Waals surface area contributed by atoms with Gasteiger partial charge in [0, 0.05) is 23.6 Å². The molecule has 0 spiro atoms. The molecule has 5 rings (SSSR count). The number of aliphatic hydroxyl groups is 1. The van der Waals surface area contributed by atoms with Crippen LogP contribution >= 0.6 is 11.6 Å². The zero-order chi connectivity index (χ0) is 23.1. The van der Waals surface area contributed by atoms with Crippen LogP contribution in [0.3, 0.4) is 0 Å². The second-order valence-electron chi connectivity index (χ2n) is 8.42. The normalized spacial score (nSPS) is 21.2. The molecule has 0 saturated carbocycles. The van der Waals surface area contributed by atoms with Crippen molar-refractivity contribution in [2.24, 2.45) is 0 Å². The largest absolute Gasteiger partial charge is 0.507 e. The number of amides is 1. The smallest absolute Gasteiger partial charge is 0.295 e. The van der Waals surface area contributed by atoms with Crippen LogP contribution in [0, 0.1) is 0 Å². The molecule has 2 aliphatic rings. The van der Waals surface area contributed by atoms with E-state index in [1.807, 2.05) is 49.4 Å². The first kappa shape index (κ1) is 21.3.